The summed E-state index contributed by atoms with van der Waals surface area (Å²) in [6.45, 7) is 2.19. The van der Waals surface area contributed by atoms with Crippen LogP contribution in [-0.4, -0.2) is 11.5 Å². The zero-order valence-electron chi connectivity index (χ0n) is 14.0. The van der Waals surface area contributed by atoms with Crippen molar-refractivity contribution >= 4 is 11.6 Å². The third-order valence-electron chi connectivity index (χ3n) is 3.82. The highest BCUT2D eigenvalue weighted by Crippen LogP contribution is 2.15. The SMILES string of the molecule is Clc1cccc(CCNCc2cccc(OCc3ccccn3)c2)c1. The normalized spacial score (nSPS) is 10.6. The summed E-state index contributed by atoms with van der Waals surface area (Å²) in [6.07, 6.45) is 2.73. The van der Waals surface area contributed by atoms with Gasteiger partial charge in [-0.25, -0.2) is 0 Å². The molecule has 1 heterocycles. The molecule has 0 atom stereocenters. The third-order valence-corrected chi connectivity index (χ3v) is 4.06. The monoisotopic (exact) mass is 352 g/mol. The molecule has 0 spiro atoms. The Kier molecular flexibility index (Phi) is 6.43. The molecule has 1 N–H and O–H groups in total. The maximum atomic E-state index is 6.01. The molecule has 3 aromatic rings. The summed E-state index contributed by atoms with van der Waals surface area (Å²) in [7, 11) is 0. The lowest BCUT2D eigenvalue weighted by molar-refractivity contribution is 0.301. The van der Waals surface area contributed by atoms with Crippen molar-refractivity contribution in [2.24, 2.45) is 0 Å². The summed E-state index contributed by atoms with van der Waals surface area (Å²) >= 11 is 6.01. The van der Waals surface area contributed by atoms with E-state index in [0.29, 0.717) is 6.61 Å². The molecule has 1 aromatic heterocycles. The van der Waals surface area contributed by atoms with E-state index < -0.39 is 0 Å². The zero-order chi connectivity index (χ0) is 17.3. The number of ether oxygens (including phenoxy) is 1. The molecule has 0 radical (unpaired) electrons. The van der Waals surface area contributed by atoms with Gasteiger partial charge in [-0.05, 0) is 60.5 Å². The highest BCUT2D eigenvalue weighted by Gasteiger charge is 2.00. The van der Waals surface area contributed by atoms with Crippen molar-refractivity contribution in [1.82, 2.24) is 10.3 Å². The van der Waals surface area contributed by atoms with Crippen LogP contribution in [0.3, 0.4) is 0 Å². The van der Waals surface area contributed by atoms with Crippen LogP contribution < -0.4 is 10.1 Å². The van der Waals surface area contributed by atoms with Crippen LogP contribution in [0.25, 0.3) is 0 Å². The Bertz CT molecular complexity index is 793. The van der Waals surface area contributed by atoms with Crippen LogP contribution >= 0.6 is 11.6 Å². The quantitative estimate of drug-likeness (QED) is 0.599. The Hall–Kier alpha value is -2.36. The molecular weight excluding hydrogens is 332 g/mol. The van der Waals surface area contributed by atoms with Crippen molar-refractivity contribution in [1.29, 1.82) is 0 Å². The van der Waals surface area contributed by atoms with Gasteiger partial charge >= 0.3 is 0 Å². The van der Waals surface area contributed by atoms with Gasteiger partial charge in [0.05, 0.1) is 5.69 Å². The first-order valence-corrected chi connectivity index (χ1v) is 8.74. The highest BCUT2D eigenvalue weighted by atomic mass is 35.5. The van der Waals surface area contributed by atoms with Gasteiger partial charge in [0.1, 0.15) is 12.4 Å². The van der Waals surface area contributed by atoms with Crippen LogP contribution in [0.15, 0.2) is 72.9 Å². The molecule has 0 aliphatic carbocycles. The fraction of sp³-hybridized carbons (Fsp3) is 0.190. The molecule has 0 aliphatic rings. The van der Waals surface area contributed by atoms with Gasteiger partial charge in [-0.1, -0.05) is 41.9 Å². The van der Waals surface area contributed by atoms with Crippen molar-refractivity contribution in [2.45, 2.75) is 19.6 Å². The molecule has 0 fully saturated rings. The number of halogens is 1. The van der Waals surface area contributed by atoms with Gasteiger partial charge in [0.15, 0.2) is 0 Å². The van der Waals surface area contributed by atoms with Gasteiger partial charge in [0, 0.05) is 17.8 Å². The minimum absolute atomic E-state index is 0.479. The standard InChI is InChI=1S/C21H21ClN2O/c22-19-7-3-5-17(13-19)10-12-23-15-18-6-4-9-21(14-18)25-16-20-8-1-2-11-24-20/h1-9,11,13-14,23H,10,12,15-16H2. The summed E-state index contributed by atoms with van der Waals surface area (Å²) in [4.78, 5) is 4.27. The summed E-state index contributed by atoms with van der Waals surface area (Å²) in [6, 6.07) is 22.0. The first kappa shape index (κ1) is 17.5. The van der Waals surface area contributed by atoms with Gasteiger partial charge < -0.3 is 10.1 Å². The molecule has 0 saturated heterocycles. The van der Waals surface area contributed by atoms with E-state index in [1.54, 1.807) is 6.20 Å². The van der Waals surface area contributed by atoms with Crippen molar-refractivity contribution in [2.75, 3.05) is 6.54 Å². The zero-order valence-corrected chi connectivity index (χ0v) is 14.7. The van der Waals surface area contributed by atoms with Crippen LogP contribution in [0.4, 0.5) is 0 Å². The average molecular weight is 353 g/mol. The van der Waals surface area contributed by atoms with E-state index in [4.69, 9.17) is 16.3 Å². The number of rotatable bonds is 8. The van der Waals surface area contributed by atoms with Crippen molar-refractivity contribution < 1.29 is 4.74 Å². The largest absolute Gasteiger partial charge is 0.487 e. The summed E-state index contributed by atoms with van der Waals surface area (Å²) in [5.41, 5.74) is 3.37. The third kappa shape index (κ3) is 5.89. The first-order chi connectivity index (χ1) is 12.3. The second kappa shape index (κ2) is 9.21. The molecule has 3 rings (SSSR count). The average Bonchev–Trinajstić information content (AvgIpc) is 2.65. The second-order valence-corrected chi connectivity index (χ2v) is 6.25. The van der Waals surface area contributed by atoms with Crippen LogP contribution in [0.1, 0.15) is 16.8 Å². The molecule has 0 saturated carbocycles. The van der Waals surface area contributed by atoms with Crippen molar-refractivity contribution in [3.05, 3.63) is 94.8 Å². The minimum Gasteiger partial charge on any atom is -0.487 e. The Morgan fingerprint density at radius 2 is 1.80 bits per heavy atom. The molecule has 2 aromatic carbocycles. The molecule has 0 amide bonds. The molecule has 4 heteroatoms. The Labute approximate surface area is 153 Å². The summed E-state index contributed by atoms with van der Waals surface area (Å²) in [5, 5.41) is 4.25. The predicted molar refractivity (Wildman–Crippen MR) is 102 cm³/mol. The lowest BCUT2D eigenvalue weighted by Crippen LogP contribution is -2.16. The summed E-state index contributed by atoms with van der Waals surface area (Å²) in [5.74, 6) is 0.861. The maximum absolute atomic E-state index is 6.01. The first-order valence-electron chi connectivity index (χ1n) is 8.36. The fourth-order valence-corrected chi connectivity index (χ4v) is 2.76. The molecule has 0 unspecified atom stereocenters. The molecule has 3 nitrogen and oxygen atoms in total. The molecule has 0 bridgehead atoms. The van der Waals surface area contributed by atoms with Crippen molar-refractivity contribution in [3.63, 3.8) is 0 Å². The van der Waals surface area contributed by atoms with Crippen LogP contribution in [0, 0.1) is 0 Å². The highest BCUT2D eigenvalue weighted by molar-refractivity contribution is 6.30. The van der Waals surface area contributed by atoms with E-state index >= 15 is 0 Å². The number of nitrogens with zero attached hydrogens (tertiary/aromatic N) is 1. The van der Waals surface area contributed by atoms with E-state index in [9.17, 15) is 0 Å². The second-order valence-electron chi connectivity index (χ2n) is 5.81. The predicted octanol–water partition coefficient (Wildman–Crippen LogP) is 4.65. The van der Waals surface area contributed by atoms with E-state index in [0.717, 1.165) is 36.0 Å². The lowest BCUT2D eigenvalue weighted by atomic mass is 10.1. The Balaban J connectivity index is 1.45. The van der Waals surface area contributed by atoms with Gasteiger partial charge in [-0.15, -0.1) is 0 Å². The lowest BCUT2D eigenvalue weighted by Gasteiger charge is -2.09. The van der Waals surface area contributed by atoms with Crippen LogP contribution in [0.2, 0.25) is 5.02 Å². The van der Waals surface area contributed by atoms with Gasteiger partial charge in [0.2, 0.25) is 0 Å². The van der Waals surface area contributed by atoms with E-state index in [1.807, 2.05) is 48.5 Å². The van der Waals surface area contributed by atoms with Crippen LogP contribution in [0.5, 0.6) is 5.75 Å². The Morgan fingerprint density at radius 1 is 0.920 bits per heavy atom. The molecule has 0 aliphatic heterocycles. The molecule has 25 heavy (non-hydrogen) atoms. The summed E-state index contributed by atoms with van der Waals surface area (Å²) < 4.78 is 5.82. The van der Waals surface area contributed by atoms with Crippen LogP contribution in [-0.2, 0) is 19.6 Å². The number of aromatic nitrogens is 1. The number of pyridine rings is 1. The van der Waals surface area contributed by atoms with Gasteiger partial charge in [-0.3, -0.25) is 4.98 Å². The molecule has 128 valence electrons. The Morgan fingerprint density at radius 3 is 2.64 bits per heavy atom. The number of hydrogen-bond donors (Lipinski definition) is 1. The van der Waals surface area contributed by atoms with E-state index in [-0.39, 0.29) is 0 Å². The smallest absolute Gasteiger partial charge is 0.130 e. The fourth-order valence-electron chi connectivity index (χ4n) is 2.54. The number of nitrogens with one attached hydrogen (secondary N) is 1. The topological polar surface area (TPSA) is 34.1 Å². The van der Waals surface area contributed by atoms with Gasteiger partial charge in [-0.2, -0.15) is 0 Å². The van der Waals surface area contributed by atoms with Crippen molar-refractivity contribution in [3.8, 4) is 5.75 Å². The maximum Gasteiger partial charge on any atom is 0.130 e. The molecular formula is C21H21ClN2O. The van der Waals surface area contributed by atoms with E-state index in [1.165, 1.54) is 11.1 Å². The van der Waals surface area contributed by atoms with E-state index in [2.05, 4.69) is 28.5 Å². The number of hydrogen-bond acceptors (Lipinski definition) is 3. The van der Waals surface area contributed by atoms with Gasteiger partial charge in [0.25, 0.3) is 0 Å². The minimum atomic E-state index is 0.479. The number of benzene rings is 2.